The molecule has 2 rings (SSSR count). The van der Waals surface area contributed by atoms with Gasteiger partial charge >= 0.3 is 0 Å². The Labute approximate surface area is 116 Å². The van der Waals surface area contributed by atoms with Crippen LogP contribution in [0.2, 0.25) is 0 Å². The maximum Gasteiger partial charge on any atom is 0.204 e. The number of aliphatic hydroxyl groups is 1. The Morgan fingerprint density at radius 1 is 1.16 bits per heavy atom. The quantitative estimate of drug-likeness (QED) is 0.851. The lowest BCUT2D eigenvalue weighted by Crippen LogP contribution is -2.25. The van der Waals surface area contributed by atoms with Gasteiger partial charge < -0.3 is 25.1 Å². The van der Waals surface area contributed by atoms with Crippen molar-refractivity contribution in [2.75, 3.05) is 21.3 Å². The molecule has 1 aliphatic carbocycles. The van der Waals surface area contributed by atoms with E-state index in [0.29, 0.717) is 17.1 Å². The highest BCUT2D eigenvalue weighted by Gasteiger charge is 2.41. The number of methoxy groups -OCH3 is 3. The third kappa shape index (κ3) is 2.11. The number of fused-ring (bicyclic) bond motifs is 1. The fraction of sp³-hybridized carbons (Fsp3) is 0.417. The second-order valence-electron chi connectivity index (χ2n) is 3.94. The Morgan fingerprint density at radius 2 is 1.74 bits per heavy atom. The summed E-state index contributed by atoms with van der Waals surface area (Å²) in [5.41, 5.74) is 6.56. The molecule has 0 saturated carbocycles. The second-order valence-corrected chi connectivity index (χ2v) is 3.94. The number of ketones is 1. The van der Waals surface area contributed by atoms with E-state index in [-0.39, 0.29) is 23.7 Å². The maximum absolute atomic E-state index is 11.9. The van der Waals surface area contributed by atoms with Crippen LogP contribution in [0.1, 0.15) is 22.0 Å². The Kier molecular flexibility index (Phi) is 4.62. The number of benzene rings is 1. The number of carbonyl (C=O) groups is 1. The highest BCUT2D eigenvalue weighted by molar-refractivity contribution is 6.08. The van der Waals surface area contributed by atoms with Crippen molar-refractivity contribution >= 4 is 18.2 Å². The molecule has 0 bridgehead atoms. The number of nitrogens with two attached hydrogens (primary N) is 1. The van der Waals surface area contributed by atoms with Crippen molar-refractivity contribution in [3.8, 4) is 17.2 Å². The van der Waals surface area contributed by atoms with Crippen LogP contribution in [-0.2, 0) is 0 Å². The Bertz CT molecular complexity index is 505. The van der Waals surface area contributed by atoms with Crippen molar-refractivity contribution in [2.24, 2.45) is 5.73 Å². The number of hydrogen-bond acceptors (Lipinski definition) is 6. The zero-order valence-corrected chi connectivity index (χ0v) is 11.6. The van der Waals surface area contributed by atoms with Gasteiger partial charge in [-0.25, -0.2) is 0 Å². The summed E-state index contributed by atoms with van der Waals surface area (Å²) in [6.45, 7) is 0. The second kappa shape index (κ2) is 5.64. The summed E-state index contributed by atoms with van der Waals surface area (Å²) in [6, 6.07) is 0.816. The lowest BCUT2D eigenvalue weighted by molar-refractivity contribution is 0.0734. The van der Waals surface area contributed by atoms with Gasteiger partial charge in [0.2, 0.25) is 5.75 Å². The van der Waals surface area contributed by atoms with E-state index in [9.17, 15) is 9.90 Å². The maximum atomic E-state index is 11.9. The van der Waals surface area contributed by atoms with Gasteiger partial charge in [-0.1, -0.05) is 0 Å². The number of hydrogen-bond donors (Lipinski definition) is 2. The van der Waals surface area contributed by atoms with Gasteiger partial charge in [0, 0.05) is 0 Å². The third-order valence-corrected chi connectivity index (χ3v) is 3.07. The van der Waals surface area contributed by atoms with Gasteiger partial charge in [0.25, 0.3) is 0 Å². The predicted molar refractivity (Wildman–Crippen MR) is 70.6 cm³/mol. The van der Waals surface area contributed by atoms with E-state index in [0.717, 1.165) is 0 Å². The highest BCUT2D eigenvalue weighted by atomic mass is 35.5. The average molecular weight is 290 g/mol. The number of carbonyl (C=O) groups excluding carboxylic acids is 1. The summed E-state index contributed by atoms with van der Waals surface area (Å²) in [5, 5.41) is 9.72. The molecule has 0 spiro atoms. The average Bonchev–Trinajstić information content (AvgIpc) is 2.61. The topological polar surface area (TPSA) is 91.0 Å². The minimum atomic E-state index is -1.26. The minimum absolute atomic E-state index is 0. The van der Waals surface area contributed by atoms with E-state index in [4.69, 9.17) is 19.9 Å². The first kappa shape index (κ1) is 15.6. The molecule has 2 unspecified atom stereocenters. The number of ether oxygens (including phenoxy) is 3. The van der Waals surface area contributed by atoms with Crippen molar-refractivity contribution in [3.05, 3.63) is 17.2 Å². The van der Waals surface area contributed by atoms with Gasteiger partial charge in [0.1, 0.15) is 6.10 Å². The molecule has 1 aromatic rings. The molecule has 1 aromatic carbocycles. The Hall–Kier alpha value is -1.50. The number of Topliss-reactive ketones (excluding diaryl/α,β-unsaturated/α-hetero) is 1. The van der Waals surface area contributed by atoms with Crippen LogP contribution >= 0.6 is 12.4 Å². The molecule has 1 aliphatic rings. The predicted octanol–water partition coefficient (Wildman–Crippen LogP) is 0.691. The lowest BCUT2D eigenvalue weighted by atomic mass is 10.1. The first-order valence-corrected chi connectivity index (χ1v) is 5.37. The zero-order chi connectivity index (χ0) is 13.4. The zero-order valence-electron chi connectivity index (χ0n) is 10.8. The summed E-state index contributed by atoms with van der Waals surface area (Å²) < 4.78 is 15.5. The Balaban J connectivity index is 0.00000180. The van der Waals surface area contributed by atoms with Crippen molar-refractivity contribution in [3.63, 3.8) is 0 Å². The van der Waals surface area contributed by atoms with Crippen LogP contribution in [0.3, 0.4) is 0 Å². The van der Waals surface area contributed by atoms with E-state index in [1.165, 1.54) is 21.3 Å². The molecule has 0 fully saturated rings. The molecular formula is C12H16ClNO5. The number of aliphatic hydroxyl groups excluding tert-OH is 1. The molecule has 0 saturated heterocycles. The van der Waals surface area contributed by atoms with Crippen LogP contribution in [0.15, 0.2) is 6.07 Å². The molecule has 0 aliphatic heterocycles. The first-order valence-electron chi connectivity index (χ1n) is 5.37. The van der Waals surface area contributed by atoms with Gasteiger partial charge in [-0.3, -0.25) is 4.79 Å². The molecule has 0 amide bonds. The van der Waals surface area contributed by atoms with Crippen molar-refractivity contribution in [1.82, 2.24) is 0 Å². The van der Waals surface area contributed by atoms with Crippen LogP contribution in [0.4, 0.5) is 0 Å². The summed E-state index contributed by atoms with van der Waals surface area (Å²) in [6.07, 6.45) is -1.26. The molecule has 7 heteroatoms. The van der Waals surface area contributed by atoms with Crippen LogP contribution < -0.4 is 19.9 Å². The van der Waals surface area contributed by atoms with Gasteiger partial charge in [-0.05, 0) is 11.6 Å². The van der Waals surface area contributed by atoms with Crippen molar-refractivity contribution in [2.45, 2.75) is 12.1 Å². The minimum Gasteiger partial charge on any atom is -0.493 e. The molecule has 3 N–H and O–H groups in total. The molecule has 0 radical (unpaired) electrons. The largest absolute Gasteiger partial charge is 0.493 e. The molecule has 0 heterocycles. The van der Waals surface area contributed by atoms with Gasteiger partial charge in [-0.15, -0.1) is 12.4 Å². The van der Waals surface area contributed by atoms with Gasteiger partial charge in [0.15, 0.2) is 17.3 Å². The summed E-state index contributed by atoms with van der Waals surface area (Å²) >= 11 is 0. The number of rotatable bonds is 3. The molecular weight excluding hydrogens is 274 g/mol. The SMILES string of the molecule is COc1cc2c(c(OC)c1OC)C(=O)C(O)C2N.Cl. The fourth-order valence-electron chi connectivity index (χ4n) is 2.17. The van der Waals surface area contributed by atoms with Gasteiger partial charge in [0.05, 0.1) is 32.9 Å². The monoisotopic (exact) mass is 289 g/mol. The normalized spacial score (nSPS) is 20.6. The van der Waals surface area contributed by atoms with Crippen LogP contribution in [0.5, 0.6) is 17.2 Å². The standard InChI is InChI=1S/C12H15NO5.ClH/c1-16-6-4-5-7(9(14)10(15)8(5)13)12(18-3)11(6)17-2;/h4,8,10,15H,13H2,1-3H3;1H. The van der Waals surface area contributed by atoms with Crippen molar-refractivity contribution in [1.29, 1.82) is 0 Å². The Morgan fingerprint density at radius 3 is 2.21 bits per heavy atom. The molecule has 19 heavy (non-hydrogen) atoms. The van der Waals surface area contributed by atoms with E-state index in [1.54, 1.807) is 6.07 Å². The molecule has 0 aromatic heterocycles. The number of halogens is 1. The lowest BCUT2D eigenvalue weighted by Gasteiger charge is -2.15. The smallest absolute Gasteiger partial charge is 0.204 e. The molecule has 6 nitrogen and oxygen atoms in total. The van der Waals surface area contributed by atoms with Crippen molar-refractivity contribution < 1.29 is 24.1 Å². The van der Waals surface area contributed by atoms with Crippen LogP contribution in [0, 0.1) is 0 Å². The summed E-state index contributed by atoms with van der Waals surface area (Å²) in [4.78, 5) is 11.9. The van der Waals surface area contributed by atoms with Crippen LogP contribution in [0.25, 0.3) is 0 Å². The molecule has 106 valence electrons. The van der Waals surface area contributed by atoms with E-state index < -0.39 is 17.9 Å². The van der Waals surface area contributed by atoms with Gasteiger partial charge in [-0.2, -0.15) is 0 Å². The van der Waals surface area contributed by atoms with Crippen LogP contribution in [-0.4, -0.2) is 38.3 Å². The first-order chi connectivity index (χ1) is 8.56. The van der Waals surface area contributed by atoms with E-state index >= 15 is 0 Å². The van der Waals surface area contributed by atoms with E-state index in [1.807, 2.05) is 0 Å². The fourth-order valence-corrected chi connectivity index (χ4v) is 2.17. The molecule has 2 atom stereocenters. The summed E-state index contributed by atoms with van der Waals surface area (Å²) in [7, 11) is 4.34. The third-order valence-electron chi connectivity index (χ3n) is 3.07. The highest BCUT2D eigenvalue weighted by Crippen LogP contribution is 2.47. The summed E-state index contributed by atoms with van der Waals surface area (Å²) in [5.74, 6) is 0.498. The van der Waals surface area contributed by atoms with E-state index in [2.05, 4.69) is 0 Å².